The van der Waals surface area contributed by atoms with Gasteiger partial charge in [0.2, 0.25) is 0 Å². The zero-order valence-corrected chi connectivity index (χ0v) is 14.6. The minimum absolute atomic E-state index is 0.465. The molecule has 0 amide bonds. The van der Waals surface area contributed by atoms with Crippen LogP contribution >= 0.6 is 11.6 Å². The predicted molar refractivity (Wildman–Crippen MR) is 96.8 cm³/mol. The van der Waals surface area contributed by atoms with Crippen molar-refractivity contribution in [2.45, 2.75) is 32.6 Å². The number of halogens is 1. The summed E-state index contributed by atoms with van der Waals surface area (Å²) in [5.41, 5.74) is 3.44. The number of hydrogen-bond donors (Lipinski definition) is 1. The molecule has 24 heavy (non-hydrogen) atoms. The van der Waals surface area contributed by atoms with E-state index in [9.17, 15) is 0 Å². The second-order valence-corrected chi connectivity index (χ2v) is 6.89. The number of aryl methyl sites for hydroxylation is 2. The molecule has 0 spiro atoms. The van der Waals surface area contributed by atoms with Gasteiger partial charge in [0.05, 0.1) is 11.0 Å². The summed E-state index contributed by atoms with van der Waals surface area (Å²) in [4.78, 5) is 19.2. The Morgan fingerprint density at radius 1 is 1.08 bits per heavy atom. The molecular formula is C18H20ClN5. The highest BCUT2D eigenvalue weighted by Crippen LogP contribution is 2.30. The van der Waals surface area contributed by atoms with Gasteiger partial charge in [0, 0.05) is 25.1 Å². The molecule has 1 aliphatic heterocycles. The van der Waals surface area contributed by atoms with Crippen LogP contribution in [0.25, 0.3) is 11.0 Å². The Labute approximate surface area is 146 Å². The molecule has 1 aromatic carbocycles. The fourth-order valence-corrected chi connectivity index (χ4v) is 3.62. The van der Waals surface area contributed by atoms with Crippen LogP contribution in [0.2, 0.25) is 5.15 Å². The minimum Gasteiger partial charge on any atom is -0.356 e. The van der Waals surface area contributed by atoms with Gasteiger partial charge in [-0.3, -0.25) is 0 Å². The molecule has 1 aliphatic rings. The van der Waals surface area contributed by atoms with E-state index in [2.05, 4.69) is 45.0 Å². The topological polar surface area (TPSA) is 57.7 Å². The number of H-pyrrole nitrogens is 1. The standard InChI is InChI=1S/C18H20ClN5/c1-11-3-4-14-15(9-11)23-18(22-14)13-5-7-24(8-6-13)17-10-16(19)20-12(2)21-17/h3-4,9-10,13H,5-8H2,1-2H3,(H,22,23). The Morgan fingerprint density at radius 2 is 1.88 bits per heavy atom. The van der Waals surface area contributed by atoms with E-state index in [0.717, 1.165) is 48.6 Å². The zero-order chi connectivity index (χ0) is 16.7. The zero-order valence-electron chi connectivity index (χ0n) is 13.9. The van der Waals surface area contributed by atoms with Crippen LogP contribution in [0.1, 0.15) is 36.0 Å². The number of anilines is 1. The number of imidazole rings is 1. The monoisotopic (exact) mass is 341 g/mol. The molecule has 1 saturated heterocycles. The van der Waals surface area contributed by atoms with Gasteiger partial charge >= 0.3 is 0 Å². The van der Waals surface area contributed by atoms with Crippen molar-refractivity contribution in [1.29, 1.82) is 0 Å². The van der Waals surface area contributed by atoms with Gasteiger partial charge in [0.25, 0.3) is 0 Å². The second-order valence-electron chi connectivity index (χ2n) is 6.50. The second kappa shape index (κ2) is 6.06. The fourth-order valence-electron chi connectivity index (χ4n) is 3.40. The predicted octanol–water partition coefficient (Wildman–Crippen LogP) is 4.01. The number of hydrogen-bond acceptors (Lipinski definition) is 4. The SMILES string of the molecule is Cc1ccc2nc(C3CCN(c4cc(Cl)nc(C)n4)CC3)[nH]c2c1. The van der Waals surface area contributed by atoms with E-state index in [1.54, 1.807) is 0 Å². The van der Waals surface area contributed by atoms with Crippen LogP contribution in [0.15, 0.2) is 24.3 Å². The molecule has 1 fully saturated rings. The van der Waals surface area contributed by atoms with Gasteiger partial charge in [-0.15, -0.1) is 0 Å². The van der Waals surface area contributed by atoms with E-state index < -0.39 is 0 Å². The number of aromatic amines is 1. The lowest BCUT2D eigenvalue weighted by atomic mass is 9.96. The third-order valence-electron chi connectivity index (χ3n) is 4.65. The molecule has 0 bridgehead atoms. The Hall–Kier alpha value is -2.14. The maximum Gasteiger partial charge on any atom is 0.134 e. The Kier molecular flexibility index (Phi) is 3.88. The summed E-state index contributed by atoms with van der Waals surface area (Å²) >= 11 is 6.06. The minimum atomic E-state index is 0.465. The lowest BCUT2D eigenvalue weighted by Crippen LogP contribution is -2.34. The van der Waals surface area contributed by atoms with Crippen molar-refractivity contribution in [2.75, 3.05) is 18.0 Å². The fraction of sp³-hybridized carbons (Fsp3) is 0.389. The van der Waals surface area contributed by atoms with Gasteiger partial charge in [-0.25, -0.2) is 15.0 Å². The summed E-state index contributed by atoms with van der Waals surface area (Å²) < 4.78 is 0. The van der Waals surface area contributed by atoms with Gasteiger partial charge in [-0.2, -0.15) is 0 Å². The summed E-state index contributed by atoms with van der Waals surface area (Å²) in [7, 11) is 0. The lowest BCUT2D eigenvalue weighted by Gasteiger charge is -2.32. The normalized spacial score (nSPS) is 16.0. The third-order valence-corrected chi connectivity index (χ3v) is 4.85. The Balaban J connectivity index is 1.50. The Bertz CT molecular complexity index is 860. The summed E-state index contributed by atoms with van der Waals surface area (Å²) in [6, 6.07) is 8.20. The summed E-state index contributed by atoms with van der Waals surface area (Å²) in [5.74, 6) is 3.21. The number of rotatable bonds is 2. The largest absolute Gasteiger partial charge is 0.356 e. The van der Waals surface area contributed by atoms with Gasteiger partial charge in [0.1, 0.15) is 22.6 Å². The van der Waals surface area contributed by atoms with Gasteiger partial charge in [-0.05, 0) is 44.4 Å². The summed E-state index contributed by atoms with van der Waals surface area (Å²) in [6.07, 6.45) is 2.11. The van der Waals surface area contributed by atoms with E-state index >= 15 is 0 Å². The number of fused-ring (bicyclic) bond motifs is 1. The van der Waals surface area contributed by atoms with E-state index in [1.165, 1.54) is 5.56 Å². The van der Waals surface area contributed by atoms with E-state index in [0.29, 0.717) is 16.9 Å². The van der Waals surface area contributed by atoms with Crippen LogP contribution in [0.4, 0.5) is 5.82 Å². The highest BCUT2D eigenvalue weighted by molar-refractivity contribution is 6.29. The lowest BCUT2D eigenvalue weighted by molar-refractivity contribution is 0.487. The number of aromatic nitrogens is 4. The van der Waals surface area contributed by atoms with Gasteiger partial charge < -0.3 is 9.88 Å². The van der Waals surface area contributed by atoms with Crippen LogP contribution in [-0.4, -0.2) is 33.0 Å². The third kappa shape index (κ3) is 2.96. The Morgan fingerprint density at radius 3 is 2.62 bits per heavy atom. The van der Waals surface area contributed by atoms with Gasteiger partial charge in [0.15, 0.2) is 0 Å². The van der Waals surface area contributed by atoms with E-state index in [4.69, 9.17) is 16.6 Å². The van der Waals surface area contributed by atoms with Crippen molar-refractivity contribution in [3.05, 3.63) is 46.6 Å². The molecule has 0 aliphatic carbocycles. The first-order chi connectivity index (χ1) is 11.6. The molecule has 0 atom stereocenters. The molecular weight excluding hydrogens is 322 g/mol. The average molecular weight is 342 g/mol. The number of nitrogens with one attached hydrogen (secondary N) is 1. The average Bonchev–Trinajstić information content (AvgIpc) is 2.97. The first-order valence-electron chi connectivity index (χ1n) is 8.31. The van der Waals surface area contributed by atoms with Crippen molar-refractivity contribution >= 4 is 28.5 Å². The number of nitrogens with zero attached hydrogens (tertiary/aromatic N) is 4. The van der Waals surface area contributed by atoms with E-state index in [-0.39, 0.29) is 0 Å². The highest BCUT2D eigenvalue weighted by Gasteiger charge is 2.24. The molecule has 0 saturated carbocycles. The quantitative estimate of drug-likeness (QED) is 0.715. The van der Waals surface area contributed by atoms with Crippen LogP contribution in [0.3, 0.4) is 0 Å². The van der Waals surface area contributed by atoms with Crippen LogP contribution in [0.5, 0.6) is 0 Å². The molecule has 4 rings (SSSR count). The maximum atomic E-state index is 6.06. The molecule has 2 aromatic heterocycles. The van der Waals surface area contributed by atoms with Gasteiger partial charge in [-0.1, -0.05) is 17.7 Å². The molecule has 0 radical (unpaired) electrons. The van der Waals surface area contributed by atoms with Crippen molar-refractivity contribution < 1.29 is 0 Å². The first-order valence-corrected chi connectivity index (χ1v) is 8.69. The molecule has 6 heteroatoms. The van der Waals surface area contributed by atoms with Crippen molar-refractivity contribution in [1.82, 2.24) is 19.9 Å². The van der Waals surface area contributed by atoms with Crippen LogP contribution < -0.4 is 4.90 Å². The maximum absolute atomic E-state index is 6.06. The number of benzene rings is 1. The molecule has 5 nitrogen and oxygen atoms in total. The summed E-state index contributed by atoms with van der Waals surface area (Å²) in [6.45, 7) is 5.88. The highest BCUT2D eigenvalue weighted by atomic mass is 35.5. The summed E-state index contributed by atoms with van der Waals surface area (Å²) in [5, 5.41) is 0.507. The molecule has 1 N–H and O–H groups in total. The van der Waals surface area contributed by atoms with Crippen molar-refractivity contribution in [2.24, 2.45) is 0 Å². The van der Waals surface area contributed by atoms with Crippen LogP contribution in [-0.2, 0) is 0 Å². The van der Waals surface area contributed by atoms with Crippen molar-refractivity contribution in [3.8, 4) is 0 Å². The molecule has 0 unspecified atom stereocenters. The smallest absolute Gasteiger partial charge is 0.134 e. The van der Waals surface area contributed by atoms with Crippen LogP contribution in [0, 0.1) is 13.8 Å². The van der Waals surface area contributed by atoms with E-state index in [1.807, 2.05) is 13.0 Å². The molecule has 3 aromatic rings. The molecule has 124 valence electrons. The number of piperidine rings is 1. The first kappa shape index (κ1) is 15.4. The molecule has 3 heterocycles. The van der Waals surface area contributed by atoms with Crippen molar-refractivity contribution in [3.63, 3.8) is 0 Å².